The zero-order valence-corrected chi connectivity index (χ0v) is 27.5. The fourth-order valence-corrected chi connectivity index (χ4v) is 7.58. The number of nitrogens with zero attached hydrogens (tertiary/aromatic N) is 5. The minimum Gasteiger partial charge on any atom is -0.506 e. The molecule has 1 aromatic carbocycles. The van der Waals surface area contributed by atoms with Gasteiger partial charge in [-0.1, -0.05) is 11.6 Å². The highest BCUT2D eigenvalue weighted by atomic mass is 35.5. The fraction of sp³-hybridized carbons (Fsp3) is 0.438. The lowest BCUT2D eigenvalue weighted by atomic mass is 10.0. The molecule has 5 amide bonds. The van der Waals surface area contributed by atoms with Crippen molar-refractivity contribution < 1.29 is 32.7 Å². The van der Waals surface area contributed by atoms with Crippen molar-refractivity contribution in [3.05, 3.63) is 69.1 Å². The number of pyridine rings is 1. The number of likely N-dealkylation sites (tertiary alicyclic amines) is 1. The van der Waals surface area contributed by atoms with Crippen LogP contribution in [0.25, 0.3) is 0 Å². The van der Waals surface area contributed by atoms with E-state index in [-0.39, 0.29) is 24.1 Å². The highest BCUT2D eigenvalue weighted by molar-refractivity contribution is 7.08. The highest BCUT2D eigenvalue weighted by Gasteiger charge is 2.37. The summed E-state index contributed by atoms with van der Waals surface area (Å²) in [5.74, 6) is -1.53. The molecule has 0 radical (unpaired) electrons. The predicted octanol–water partition coefficient (Wildman–Crippen LogP) is 5.05. The van der Waals surface area contributed by atoms with Gasteiger partial charge in [0.05, 0.1) is 16.3 Å². The van der Waals surface area contributed by atoms with E-state index in [9.17, 15) is 32.7 Å². The van der Waals surface area contributed by atoms with E-state index < -0.39 is 40.5 Å². The Kier molecular flexibility index (Phi) is 9.88. The molecule has 256 valence electrons. The van der Waals surface area contributed by atoms with Gasteiger partial charge in [0, 0.05) is 81.7 Å². The van der Waals surface area contributed by atoms with Crippen LogP contribution in [-0.4, -0.2) is 101 Å². The van der Waals surface area contributed by atoms with Crippen molar-refractivity contribution in [2.75, 3.05) is 56.0 Å². The van der Waals surface area contributed by atoms with Gasteiger partial charge in [-0.2, -0.15) is 13.2 Å². The normalized spacial score (nSPS) is 18.2. The molecule has 11 nitrogen and oxygen atoms in total. The second-order valence-corrected chi connectivity index (χ2v) is 13.2. The summed E-state index contributed by atoms with van der Waals surface area (Å²) >= 11 is 7.52. The molecule has 2 aromatic heterocycles. The molecule has 16 heteroatoms. The summed E-state index contributed by atoms with van der Waals surface area (Å²) in [5.41, 5.74) is 1.61. The number of amides is 5. The Morgan fingerprint density at radius 3 is 2.44 bits per heavy atom. The molecule has 6 rings (SSSR count). The number of anilines is 2. The minimum absolute atomic E-state index is 0.0403. The van der Waals surface area contributed by atoms with Crippen LogP contribution in [0.2, 0.25) is 5.02 Å². The van der Waals surface area contributed by atoms with Crippen molar-refractivity contribution in [1.29, 1.82) is 0 Å². The lowest BCUT2D eigenvalue weighted by molar-refractivity contribution is -0.138. The molecule has 0 unspecified atom stereocenters. The first-order chi connectivity index (χ1) is 23.0. The Morgan fingerprint density at radius 1 is 1.04 bits per heavy atom. The maximum atomic E-state index is 13.9. The van der Waals surface area contributed by atoms with Crippen LogP contribution in [0.15, 0.2) is 47.4 Å². The minimum atomic E-state index is -4.88. The molecule has 1 atom stereocenters. The number of hydrogen-bond acceptors (Lipinski definition) is 7. The maximum absolute atomic E-state index is 13.9. The number of alkyl halides is 3. The van der Waals surface area contributed by atoms with Gasteiger partial charge in [0.25, 0.3) is 0 Å². The Labute approximate surface area is 284 Å². The summed E-state index contributed by atoms with van der Waals surface area (Å²) in [6.07, 6.45) is 0.0130. The first kappa shape index (κ1) is 33.7. The summed E-state index contributed by atoms with van der Waals surface area (Å²) < 4.78 is 41.1. The van der Waals surface area contributed by atoms with Gasteiger partial charge < -0.3 is 35.3 Å². The average molecular weight is 706 g/mol. The van der Waals surface area contributed by atoms with Crippen LogP contribution in [0, 0.1) is 0 Å². The molecule has 2 fully saturated rings. The Balaban J connectivity index is 1.14. The van der Waals surface area contributed by atoms with Crippen LogP contribution in [0.3, 0.4) is 0 Å². The van der Waals surface area contributed by atoms with Crippen molar-refractivity contribution in [3.63, 3.8) is 0 Å². The molecule has 0 saturated carbocycles. The smallest absolute Gasteiger partial charge is 0.420 e. The number of phenolic OH excluding ortho intramolecular Hbond substituents is 1. The predicted molar refractivity (Wildman–Crippen MR) is 176 cm³/mol. The summed E-state index contributed by atoms with van der Waals surface area (Å²) in [7, 11) is 0. The zero-order chi connectivity index (χ0) is 34.0. The van der Waals surface area contributed by atoms with Gasteiger partial charge in [0.15, 0.2) is 0 Å². The standard InChI is InChI=1S/C32H35ClF3N7O4S/c33-25-16-20(15-24(28(25)44)32(34,35)36)17-26(29(45)41-13-11-40(12-14-41)22-1-6-37-7-2-22)38-30(46)42-8-4-23(5-9-42)43-10-3-21-18-48-19-27(21)39-31(43)47/h1-2,6-7,15-16,18-19,23,26,44H,3-5,8-14,17H2,(H,38,46)(H,39,47)/t26-/m1/s1. The van der Waals surface area contributed by atoms with E-state index >= 15 is 0 Å². The summed E-state index contributed by atoms with van der Waals surface area (Å²) in [6, 6.07) is 3.71. The molecule has 3 aliphatic heterocycles. The van der Waals surface area contributed by atoms with Crippen LogP contribution in [-0.2, 0) is 23.8 Å². The van der Waals surface area contributed by atoms with Gasteiger partial charge in [0.1, 0.15) is 11.8 Å². The number of rotatable bonds is 6. The Morgan fingerprint density at radius 2 is 1.75 bits per heavy atom. The molecular formula is C32H35ClF3N7O4S. The van der Waals surface area contributed by atoms with Crippen molar-refractivity contribution in [1.82, 2.24) is 25.0 Å². The molecule has 3 N–H and O–H groups in total. The first-order valence-corrected chi connectivity index (χ1v) is 17.0. The van der Waals surface area contributed by atoms with Crippen LogP contribution >= 0.6 is 22.9 Å². The molecule has 5 heterocycles. The van der Waals surface area contributed by atoms with Crippen molar-refractivity contribution in [2.24, 2.45) is 0 Å². The largest absolute Gasteiger partial charge is 0.506 e. The monoisotopic (exact) mass is 705 g/mol. The van der Waals surface area contributed by atoms with E-state index in [0.29, 0.717) is 58.7 Å². The number of hydrogen-bond donors (Lipinski definition) is 3. The Hall–Kier alpha value is -4.24. The summed E-state index contributed by atoms with van der Waals surface area (Å²) in [6.45, 7) is 2.94. The number of carbonyl (C=O) groups is 3. The molecule has 3 aromatic rings. The van der Waals surface area contributed by atoms with E-state index in [1.807, 2.05) is 27.8 Å². The number of fused-ring (bicyclic) bond motifs is 1. The maximum Gasteiger partial charge on any atom is 0.420 e. The van der Waals surface area contributed by atoms with E-state index in [0.717, 1.165) is 29.4 Å². The topological polar surface area (TPSA) is 121 Å². The number of carbonyl (C=O) groups excluding carboxylic acids is 3. The third-order valence-corrected chi connectivity index (χ3v) is 10.2. The van der Waals surface area contributed by atoms with Crippen molar-refractivity contribution >= 4 is 52.3 Å². The average Bonchev–Trinajstić information content (AvgIpc) is 3.45. The lowest BCUT2D eigenvalue weighted by Gasteiger charge is -2.39. The van der Waals surface area contributed by atoms with Crippen molar-refractivity contribution in [3.8, 4) is 5.75 Å². The van der Waals surface area contributed by atoms with Gasteiger partial charge in [-0.3, -0.25) is 9.78 Å². The molecule has 0 aliphatic carbocycles. The van der Waals surface area contributed by atoms with E-state index in [2.05, 4.69) is 20.5 Å². The second-order valence-electron chi connectivity index (χ2n) is 12.1. The lowest BCUT2D eigenvalue weighted by Crippen LogP contribution is -2.58. The molecule has 48 heavy (non-hydrogen) atoms. The number of benzene rings is 1. The number of thiophene rings is 1. The first-order valence-electron chi connectivity index (χ1n) is 15.7. The van der Waals surface area contributed by atoms with E-state index in [1.54, 1.807) is 33.5 Å². The van der Waals surface area contributed by atoms with Crippen LogP contribution in [0.5, 0.6) is 5.75 Å². The van der Waals surface area contributed by atoms with E-state index in [4.69, 9.17) is 11.6 Å². The van der Waals surface area contributed by atoms with Gasteiger partial charge in [-0.15, -0.1) is 11.3 Å². The van der Waals surface area contributed by atoms with Crippen LogP contribution in [0.4, 0.5) is 34.1 Å². The number of aromatic nitrogens is 1. The molecule has 0 spiro atoms. The third kappa shape index (κ3) is 7.41. The number of phenols is 1. The number of nitrogens with one attached hydrogen (secondary N) is 2. The third-order valence-electron chi connectivity index (χ3n) is 9.14. The number of halogens is 4. The van der Waals surface area contributed by atoms with Gasteiger partial charge >= 0.3 is 18.2 Å². The summed E-state index contributed by atoms with van der Waals surface area (Å²) in [4.78, 5) is 51.5. The fourth-order valence-electron chi connectivity index (χ4n) is 6.51. The van der Waals surface area contributed by atoms with E-state index in [1.165, 1.54) is 6.07 Å². The van der Waals surface area contributed by atoms with Crippen LogP contribution < -0.4 is 15.5 Å². The number of piperidine rings is 1. The van der Waals surface area contributed by atoms with Crippen molar-refractivity contribution in [2.45, 2.75) is 43.9 Å². The zero-order valence-electron chi connectivity index (χ0n) is 25.9. The second kappa shape index (κ2) is 14.1. The highest BCUT2D eigenvalue weighted by Crippen LogP contribution is 2.40. The summed E-state index contributed by atoms with van der Waals surface area (Å²) in [5, 5.41) is 19.2. The quantitative estimate of drug-likeness (QED) is 0.331. The molecule has 0 bridgehead atoms. The van der Waals surface area contributed by atoms with Crippen LogP contribution in [0.1, 0.15) is 29.5 Å². The van der Waals surface area contributed by atoms with Gasteiger partial charge in [-0.25, -0.2) is 9.59 Å². The number of piperazine rings is 1. The SMILES string of the molecule is O=C(N[C@H](Cc1cc(Cl)c(O)c(C(F)(F)F)c1)C(=O)N1CCN(c2ccncc2)CC1)N1CCC(N2CCc3cscc3NC2=O)CC1. The molecular weight excluding hydrogens is 671 g/mol. The van der Waals surface area contributed by atoms with Gasteiger partial charge in [-0.05, 0) is 60.0 Å². The molecule has 3 aliphatic rings. The number of aromatic hydroxyl groups is 1. The number of urea groups is 2. The molecule has 2 saturated heterocycles. The Bertz CT molecular complexity index is 1640. The van der Waals surface area contributed by atoms with Gasteiger partial charge in [0.2, 0.25) is 5.91 Å².